The number of nitrogens with zero attached hydrogens (tertiary/aromatic N) is 3. The van der Waals surface area contributed by atoms with Crippen molar-refractivity contribution < 1.29 is 9.53 Å². The van der Waals surface area contributed by atoms with Gasteiger partial charge in [-0.3, -0.25) is 18.9 Å². The predicted octanol–water partition coefficient (Wildman–Crippen LogP) is 3.44. The molecule has 152 valence electrons. The Bertz CT molecular complexity index is 1230. The maximum absolute atomic E-state index is 12.7. The van der Waals surface area contributed by atoms with E-state index in [0.717, 1.165) is 16.6 Å². The van der Waals surface area contributed by atoms with Crippen LogP contribution in [-0.4, -0.2) is 20.0 Å². The quantitative estimate of drug-likeness (QED) is 0.514. The third kappa shape index (κ3) is 4.10. The number of para-hydroxylation sites is 2. The summed E-state index contributed by atoms with van der Waals surface area (Å²) in [7, 11) is 0. The molecule has 0 saturated carbocycles. The van der Waals surface area contributed by atoms with Crippen molar-refractivity contribution in [2.45, 2.75) is 26.6 Å². The standard InChI is InChI=1S/C23H22N4O3/c1-2-26-20-10-3-4-11-21(20)27(23(26)29)15-22(28)25-18-8-5-9-19(13-18)30-16-17-7-6-12-24-14-17/h3-14H,2,15-16H2,1H3,(H,25,28). The van der Waals surface area contributed by atoms with E-state index in [1.165, 1.54) is 4.57 Å². The Labute approximate surface area is 173 Å². The van der Waals surface area contributed by atoms with E-state index in [-0.39, 0.29) is 18.1 Å². The van der Waals surface area contributed by atoms with Crippen molar-refractivity contribution in [3.8, 4) is 5.75 Å². The maximum Gasteiger partial charge on any atom is 0.329 e. The first-order chi connectivity index (χ1) is 14.7. The van der Waals surface area contributed by atoms with Gasteiger partial charge in [-0.15, -0.1) is 0 Å². The maximum atomic E-state index is 12.7. The van der Waals surface area contributed by atoms with Gasteiger partial charge in [0.1, 0.15) is 18.9 Å². The monoisotopic (exact) mass is 402 g/mol. The largest absolute Gasteiger partial charge is 0.489 e. The fourth-order valence-corrected chi connectivity index (χ4v) is 3.39. The number of hydrogen-bond donors (Lipinski definition) is 1. The van der Waals surface area contributed by atoms with E-state index >= 15 is 0 Å². The number of carbonyl (C=O) groups excluding carboxylic acids is 1. The number of hydrogen-bond acceptors (Lipinski definition) is 4. The molecule has 4 aromatic rings. The first-order valence-corrected chi connectivity index (χ1v) is 9.75. The summed E-state index contributed by atoms with van der Waals surface area (Å²) in [5.41, 5.74) is 2.94. The summed E-state index contributed by atoms with van der Waals surface area (Å²) in [5, 5.41) is 2.85. The van der Waals surface area contributed by atoms with Crippen LogP contribution in [0, 0.1) is 0 Å². The van der Waals surface area contributed by atoms with E-state index in [0.29, 0.717) is 24.6 Å². The van der Waals surface area contributed by atoms with E-state index in [9.17, 15) is 9.59 Å². The smallest absolute Gasteiger partial charge is 0.329 e. The minimum Gasteiger partial charge on any atom is -0.489 e. The van der Waals surface area contributed by atoms with Crippen LogP contribution < -0.4 is 15.7 Å². The Kier molecular flexibility index (Phi) is 5.61. The van der Waals surface area contributed by atoms with Gasteiger partial charge < -0.3 is 10.1 Å². The molecule has 7 heteroatoms. The van der Waals surface area contributed by atoms with Crippen LogP contribution in [0.25, 0.3) is 11.0 Å². The van der Waals surface area contributed by atoms with Gasteiger partial charge in [-0.25, -0.2) is 4.79 Å². The highest BCUT2D eigenvalue weighted by molar-refractivity contribution is 5.91. The third-order valence-electron chi connectivity index (χ3n) is 4.79. The molecule has 0 radical (unpaired) electrons. The lowest BCUT2D eigenvalue weighted by Crippen LogP contribution is -2.29. The molecule has 0 aliphatic rings. The summed E-state index contributed by atoms with van der Waals surface area (Å²) in [5.74, 6) is 0.358. The van der Waals surface area contributed by atoms with Crippen LogP contribution in [0.1, 0.15) is 12.5 Å². The number of anilines is 1. The molecule has 0 unspecified atom stereocenters. The van der Waals surface area contributed by atoms with Crippen LogP contribution in [-0.2, 0) is 24.5 Å². The molecule has 2 aromatic heterocycles. The molecule has 7 nitrogen and oxygen atoms in total. The Hall–Kier alpha value is -3.87. The number of pyridine rings is 1. The van der Waals surface area contributed by atoms with Gasteiger partial charge in [0.05, 0.1) is 11.0 Å². The van der Waals surface area contributed by atoms with E-state index in [2.05, 4.69) is 10.3 Å². The van der Waals surface area contributed by atoms with Crippen molar-refractivity contribution in [2.75, 3.05) is 5.32 Å². The molecular weight excluding hydrogens is 380 g/mol. The van der Waals surface area contributed by atoms with Crippen molar-refractivity contribution >= 4 is 22.6 Å². The highest BCUT2D eigenvalue weighted by atomic mass is 16.5. The fraction of sp³-hybridized carbons (Fsp3) is 0.174. The zero-order valence-electron chi connectivity index (χ0n) is 16.6. The minimum absolute atomic E-state index is 0.0624. The lowest BCUT2D eigenvalue weighted by atomic mass is 10.3. The Balaban J connectivity index is 1.47. The highest BCUT2D eigenvalue weighted by Crippen LogP contribution is 2.19. The number of ether oxygens (including phenoxy) is 1. The first-order valence-electron chi connectivity index (χ1n) is 9.75. The van der Waals surface area contributed by atoms with Crippen LogP contribution in [0.15, 0.2) is 77.9 Å². The van der Waals surface area contributed by atoms with Gasteiger partial charge in [-0.1, -0.05) is 24.3 Å². The summed E-state index contributed by atoms with van der Waals surface area (Å²) >= 11 is 0. The number of rotatable bonds is 7. The molecular formula is C23H22N4O3. The van der Waals surface area contributed by atoms with Gasteiger partial charge in [0.25, 0.3) is 0 Å². The van der Waals surface area contributed by atoms with Crippen LogP contribution in [0.5, 0.6) is 5.75 Å². The van der Waals surface area contributed by atoms with E-state index < -0.39 is 0 Å². The lowest BCUT2D eigenvalue weighted by molar-refractivity contribution is -0.116. The van der Waals surface area contributed by atoms with Crippen molar-refractivity contribution in [1.82, 2.24) is 14.1 Å². The van der Waals surface area contributed by atoms with E-state index in [1.54, 1.807) is 29.1 Å². The van der Waals surface area contributed by atoms with Crippen molar-refractivity contribution in [3.05, 3.63) is 89.1 Å². The van der Waals surface area contributed by atoms with Gasteiger partial charge in [-0.2, -0.15) is 0 Å². The van der Waals surface area contributed by atoms with Crippen LogP contribution in [0.3, 0.4) is 0 Å². The predicted molar refractivity (Wildman–Crippen MR) is 116 cm³/mol. The molecule has 2 heterocycles. The number of amides is 1. The van der Waals surface area contributed by atoms with Crippen molar-refractivity contribution in [1.29, 1.82) is 0 Å². The molecule has 0 aliphatic carbocycles. The van der Waals surface area contributed by atoms with Gasteiger partial charge in [0.15, 0.2) is 0 Å². The van der Waals surface area contributed by atoms with Gasteiger partial charge >= 0.3 is 5.69 Å². The summed E-state index contributed by atoms with van der Waals surface area (Å²) < 4.78 is 8.94. The van der Waals surface area contributed by atoms with E-state index in [1.807, 2.05) is 55.5 Å². The number of carbonyl (C=O) groups is 1. The van der Waals surface area contributed by atoms with Crippen LogP contribution >= 0.6 is 0 Å². The van der Waals surface area contributed by atoms with Gasteiger partial charge in [0.2, 0.25) is 5.91 Å². The summed E-state index contributed by atoms with van der Waals surface area (Å²) in [6.45, 7) is 2.78. The number of benzene rings is 2. The second kappa shape index (κ2) is 8.65. The Morgan fingerprint density at radius 2 is 1.83 bits per heavy atom. The van der Waals surface area contributed by atoms with Crippen LogP contribution in [0.2, 0.25) is 0 Å². The topological polar surface area (TPSA) is 78.2 Å². The van der Waals surface area contributed by atoms with E-state index in [4.69, 9.17) is 4.74 Å². The summed E-state index contributed by atoms with van der Waals surface area (Å²) in [4.78, 5) is 29.4. The average Bonchev–Trinajstić information content (AvgIpc) is 3.04. The molecule has 0 spiro atoms. The van der Waals surface area contributed by atoms with Gasteiger partial charge in [0, 0.05) is 36.3 Å². The molecule has 1 amide bonds. The SMILES string of the molecule is CCn1c(=O)n(CC(=O)Nc2cccc(OCc3cccnc3)c2)c2ccccc21. The zero-order valence-corrected chi connectivity index (χ0v) is 16.6. The summed E-state index contributed by atoms with van der Waals surface area (Å²) in [6.07, 6.45) is 3.46. The highest BCUT2D eigenvalue weighted by Gasteiger charge is 2.14. The lowest BCUT2D eigenvalue weighted by Gasteiger charge is -2.10. The number of aryl methyl sites for hydroxylation is 1. The molecule has 30 heavy (non-hydrogen) atoms. The Morgan fingerprint density at radius 1 is 1.03 bits per heavy atom. The third-order valence-corrected chi connectivity index (χ3v) is 4.79. The number of nitrogens with one attached hydrogen (secondary N) is 1. The average molecular weight is 402 g/mol. The molecule has 1 N–H and O–H groups in total. The van der Waals surface area contributed by atoms with Crippen molar-refractivity contribution in [3.63, 3.8) is 0 Å². The van der Waals surface area contributed by atoms with Crippen LogP contribution in [0.4, 0.5) is 5.69 Å². The zero-order chi connectivity index (χ0) is 20.9. The Morgan fingerprint density at radius 3 is 2.57 bits per heavy atom. The van der Waals surface area contributed by atoms with Gasteiger partial charge in [-0.05, 0) is 37.3 Å². The molecule has 0 saturated heterocycles. The molecule has 2 aromatic carbocycles. The minimum atomic E-state index is -0.277. The molecule has 0 aliphatic heterocycles. The molecule has 0 fully saturated rings. The normalized spacial score (nSPS) is 10.8. The first kappa shape index (κ1) is 19.4. The fourth-order valence-electron chi connectivity index (χ4n) is 3.39. The molecule has 0 atom stereocenters. The van der Waals surface area contributed by atoms with Crippen molar-refractivity contribution in [2.24, 2.45) is 0 Å². The number of imidazole rings is 1. The number of aromatic nitrogens is 3. The molecule has 4 rings (SSSR count). The second-order valence-electron chi connectivity index (χ2n) is 6.83. The molecule has 0 bridgehead atoms. The summed E-state index contributed by atoms with van der Waals surface area (Å²) in [6, 6.07) is 18.4. The number of fused-ring (bicyclic) bond motifs is 1. The second-order valence-corrected chi connectivity index (χ2v) is 6.83.